The minimum absolute atomic E-state index is 0.133. The van der Waals surface area contributed by atoms with E-state index in [0.29, 0.717) is 6.42 Å². The van der Waals surface area contributed by atoms with Crippen LogP contribution in [0.3, 0.4) is 0 Å². The van der Waals surface area contributed by atoms with E-state index >= 15 is 0 Å². The number of allylic oxidation sites excluding steroid dienone is 1. The van der Waals surface area contributed by atoms with Gasteiger partial charge in [-0.15, -0.1) is 6.58 Å². The molecule has 0 aromatic heterocycles. The van der Waals surface area contributed by atoms with Crippen LogP contribution in [0.5, 0.6) is 0 Å². The van der Waals surface area contributed by atoms with E-state index in [9.17, 15) is 13.2 Å². The largest absolute Gasteiger partial charge is 0.411 e. The van der Waals surface area contributed by atoms with E-state index in [2.05, 4.69) is 16.6 Å². The summed E-state index contributed by atoms with van der Waals surface area (Å²) in [5, 5.41) is 3.21. The zero-order chi connectivity index (χ0) is 12.4. The highest BCUT2D eigenvalue weighted by Crippen LogP contribution is 2.14. The fraction of sp³-hybridized carbons (Fsp3) is 0.818. The van der Waals surface area contributed by atoms with E-state index in [0.717, 1.165) is 19.4 Å². The summed E-state index contributed by atoms with van der Waals surface area (Å²) in [5.41, 5.74) is 0. The Bertz CT molecular complexity index is 183. The highest BCUT2D eigenvalue weighted by molar-refractivity contribution is 4.73. The zero-order valence-corrected chi connectivity index (χ0v) is 9.65. The predicted octanol–water partition coefficient (Wildman–Crippen LogP) is 2.90. The molecule has 1 atom stereocenters. The zero-order valence-electron chi connectivity index (χ0n) is 9.65. The summed E-state index contributed by atoms with van der Waals surface area (Å²) in [5.74, 6) is 0. The van der Waals surface area contributed by atoms with Gasteiger partial charge in [-0.1, -0.05) is 13.0 Å². The molecule has 0 aromatic rings. The van der Waals surface area contributed by atoms with Gasteiger partial charge in [-0.3, -0.25) is 0 Å². The summed E-state index contributed by atoms with van der Waals surface area (Å²) in [6.45, 7) is 5.36. The quantitative estimate of drug-likeness (QED) is 0.493. The molecule has 0 heterocycles. The van der Waals surface area contributed by atoms with Gasteiger partial charge in [0.05, 0.1) is 0 Å². The lowest BCUT2D eigenvalue weighted by molar-refractivity contribution is -0.174. The molecule has 2 nitrogen and oxygen atoms in total. The third-order valence-corrected chi connectivity index (χ3v) is 2.09. The molecule has 0 spiro atoms. The van der Waals surface area contributed by atoms with Gasteiger partial charge in [-0.05, 0) is 25.8 Å². The minimum atomic E-state index is -4.23. The van der Waals surface area contributed by atoms with Crippen molar-refractivity contribution in [1.82, 2.24) is 5.32 Å². The fourth-order valence-electron chi connectivity index (χ4n) is 1.37. The molecule has 0 bridgehead atoms. The van der Waals surface area contributed by atoms with Crippen molar-refractivity contribution in [3.05, 3.63) is 12.7 Å². The molecule has 0 fully saturated rings. The lowest BCUT2D eigenvalue weighted by Gasteiger charge is -2.17. The number of hydrogen-bond donors (Lipinski definition) is 1. The van der Waals surface area contributed by atoms with Gasteiger partial charge >= 0.3 is 6.18 Å². The number of hydrogen-bond acceptors (Lipinski definition) is 2. The Morgan fingerprint density at radius 2 is 2.06 bits per heavy atom. The van der Waals surface area contributed by atoms with Crippen LogP contribution in [0.4, 0.5) is 13.2 Å². The first-order chi connectivity index (χ1) is 7.49. The van der Waals surface area contributed by atoms with Crippen LogP contribution >= 0.6 is 0 Å². The summed E-state index contributed by atoms with van der Waals surface area (Å²) in [6.07, 6.45) is -0.0862. The van der Waals surface area contributed by atoms with Gasteiger partial charge in [0, 0.05) is 12.6 Å². The summed E-state index contributed by atoms with van der Waals surface area (Å²) in [4.78, 5) is 0. The summed E-state index contributed by atoms with van der Waals surface area (Å²) in [6, 6.07) is 0.205. The van der Waals surface area contributed by atoms with Crippen LogP contribution in [0.2, 0.25) is 0 Å². The molecular weight excluding hydrogens is 219 g/mol. The number of ether oxygens (including phenoxy) is 1. The Kier molecular flexibility index (Phi) is 8.29. The topological polar surface area (TPSA) is 21.3 Å². The molecule has 0 saturated carbocycles. The monoisotopic (exact) mass is 239 g/mol. The van der Waals surface area contributed by atoms with Crippen molar-refractivity contribution in [3.63, 3.8) is 0 Å². The van der Waals surface area contributed by atoms with Crippen molar-refractivity contribution in [2.45, 2.75) is 38.4 Å². The third-order valence-electron chi connectivity index (χ3n) is 2.09. The standard InChI is InChI=1S/C11H20F3NO/c1-3-5-6-10(15-4-2)7-8-16-9-11(12,13)14/h3,10,15H,1,4-9H2,2H3. The maximum absolute atomic E-state index is 11.8. The minimum Gasteiger partial charge on any atom is -0.372 e. The van der Waals surface area contributed by atoms with Crippen molar-refractivity contribution in [2.75, 3.05) is 19.8 Å². The van der Waals surface area contributed by atoms with Gasteiger partial charge in [0.2, 0.25) is 0 Å². The molecule has 16 heavy (non-hydrogen) atoms. The molecule has 0 amide bonds. The second kappa shape index (κ2) is 8.58. The highest BCUT2D eigenvalue weighted by atomic mass is 19.4. The van der Waals surface area contributed by atoms with Gasteiger partial charge in [-0.25, -0.2) is 0 Å². The van der Waals surface area contributed by atoms with Crippen LogP contribution in [-0.4, -0.2) is 32.0 Å². The molecular formula is C11H20F3NO. The van der Waals surface area contributed by atoms with Crippen molar-refractivity contribution in [3.8, 4) is 0 Å². The Hall–Kier alpha value is -0.550. The second-order valence-electron chi connectivity index (χ2n) is 3.58. The molecule has 0 aromatic carbocycles. The van der Waals surface area contributed by atoms with E-state index < -0.39 is 12.8 Å². The lowest BCUT2D eigenvalue weighted by atomic mass is 10.1. The van der Waals surface area contributed by atoms with Crippen LogP contribution in [0.1, 0.15) is 26.2 Å². The van der Waals surface area contributed by atoms with Gasteiger partial charge in [-0.2, -0.15) is 13.2 Å². The maximum atomic E-state index is 11.8. The molecule has 96 valence electrons. The maximum Gasteiger partial charge on any atom is 0.411 e. The van der Waals surface area contributed by atoms with Crippen molar-refractivity contribution in [2.24, 2.45) is 0 Å². The second-order valence-corrected chi connectivity index (χ2v) is 3.58. The summed E-state index contributed by atoms with van der Waals surface area (Å²) >= 11 is 0. The van der Waals surface area contributed by atoms with Crippen molar-refractivity contribution < 1.29 is 17.9 Å². The smallest absolute Gasteiger partial charge is 0.372 e. The molecule has 0 aliphatic carbocycles. The Morgan fingerprint density at radius 3 is 2.56 bits per heavy atom. The summed E-state index contributed by atoms with van der Waals surface area (Å²) in [7, 11) is 0. The average molecular weight is 239 g/mol. The van der Waals surface area contributed by atoms with E-state index in [1.54, 1.807) is 6.08 Å². The Morgan fingerprint density at radius 1 is 1.38 bits per heavy atom. The first-order valence-corrected chi connectivity index (χ1v) is 5.48. The molecule has 0 radical (unpaired) electrons. The number of halogens is 3. The highest BCUT2D eigenvalue weighted by Gasteiger charge is 2.27. The fourth-order valence-corrected chi connectivity index (χ4v) is 1.37. The Labute approximate surface area is 94.9 Å². The molecule has 0 saturated heterocycles. The van der Waals surface area contributed by atoms with Crippen LogP contribution in [-0.2, 0) is 4.74 Å². The first-order valence-electron chi connectivity index (χ1n) is 5.48. The normalized spacial score (nSPS) is 13.8. The van der Waals surface area contributed by atoms with Crippen molar-refractivity contribution >= 4 is 0 Å². The molecule has 1 N–H and O–H groups in total. The SMILES string of the molecule is C=CCCC(CCOCC(F)(F)F)NCC. The first kappa shape index (κ1) is 15.4. The van der Waals surface area contributed by atoms with Crippen LogP contribution in [0, 0.1) is 0 Å². The third kappa shape index (κ3) is 9.98. The molecule has 0 rings (SSSR count). The molecule has 0 aliphatic rings. The predicted molar refractivity (Wildman–Crippen MR) is 58.4 cm³/mol. The van der Waals surface area contributed by atoms with Crippen molar-refractivity contribution in [1.29, 1.82) is 0 Å². The molecule has 1 unspecified atom stereocenters. The van der Waals surface area contributed by atoms with E-state index in [-0.39, 0.29) is 12.6 Å². The molecule has 0 aliphatic heterocycles. The van der Waals surface area contributed by atoms with Crippen LogP contribution in [0.25, 0.3) is 0 Å². The van der Waals surface area contributed by atoms with Gasteiger partial charge < -0.3 is 10.1 Å². The van der Waals surface area contributed by atoms with Crippen LogP contribution in [0.15, 0.2) is 12.7 Å². The van der Waals surface area contributed by atoms with Gasteiger partial charge in [0.1, 0.15) is 6.61 Å². The average Bonchev–Trinajstić information content (AvgIpc) is 2.19. The van der Waals surface area contributed by atoms with E-state index in [1.165, 1.54) is 0 Å². The van der Waals surface area contributed by atoms with Gasteiger partial charge in [0.25, 0.3) is 0 Å². The van der Waals surface area contributed by atoms with Crippen LogP contribution < -0.4 is 5.32 Å². The Balaban J connectivity index is 3.62. The number of alkyl halides is 3. The molecule has 5 heteroatoms. The lowest BCUT2D eigenvalue weighted by Crippen LogP contribution is -2.30. The number of rotatable bonds is 9. The number of nitrogens with one attached hydrogen (secondary N) is 1. The van der Waals surface area contributed by atoms with E-state index in [4.69, 9.17) is 0 Å². The summed E-state index contributed by atoms with van der Waals surface area (Å²) < 4.78 is 39.9. The van der Waals surface area contributed by atoms with E-state index in [1.807, 2.05) is 6.92 Å². The van der Waals surface area contributed by atoms with Gasteiger partial charge in [0.15, 0.2) is 0 Å².